The van der Waals surface area contributed by atoms with E-state index in [1.54, 1.807) is 6.20 Å². The second kappa shape index (κ2) is 5.72. The second-order valence-corrected chi connectivity index (χ2v) is 3.71. The molecule has 1 aromatic heterocycles. The number of ether oxygens (including phenoxy) is 1. The predicted molar refractivity (Wildman–Crippen MR) is 58.0 cm³/mol. The van der Waals surface area contributed by atoms with Crippen LogP contribution in [0, 0.1) is 0 Å². The smallest absolute Gasteiger partial charge is 0.208 e. The Hall–Kier alpha value is -1.07. The van der Waals surface area contributed by atoms with Crippen LogP contribution >= 0.6 is 0 Å². The van der Waals surface area contributed by atoms with Crippen LogP contribution in [-0.4, -0.2) is 54.4 Å². The van der Waals surface area contributed by atoms with Crippen molar-refractivity contribution in [3.63, 3.8) is 0 Å². The van der Waals surface area contributed by atoms with Gasteiger partial charge in [-0.3, -0.25) is 0 Å². The summed E-state index contributed by atoms with van der Waals surface area (Å²) in [5.74, 6) is 0.760. The van der Waals surface area contributed by atoms with Crippen LogP contribution in [0.4, 0.5) is 0 Å². The lowest BCUT2D eigenvalue weighted by Gasteiger charge is -2.26. The van der Waals surface area contributed by atoms with Crippen LogP contribution in [0.5, 0.6) is 5.88 Å². The number of hydrogen-bond donors (Lipinski definition) is 2. The van der Waals surface area contributed by atoms with Gasteiger partial charge >= 0.3 is 0 Å². The molecule has 15 heavy (non-hydrogen) atoms. The zero-order valence-electron chi connectivity index (χ0n) is 8.91. The van der Waals surface area contributed by atoms with Crippen molar-refractivity contribution in [2.75, 3.05) is 39.3 Å². The minimum Gasteiger partial charge on any atom is -0.478 e. The van der Waals surface area contributed by atoms with Crippen molar-refractivity contribution in [1.29, 1.82) is 0 Å². The molecule has 2 rings (SSSR count). The first kappa shape index (κ1) is 10.4. The number of aromatic amines is 1. The number of aromatic nitrogens is 2. The molecule has 0 saturated carbocycles. The number of hydrogen-bond acceptors (Lipinski definition) is 4. The Bertz CT molecular complexity index is 256. The molecule has 0 atom stereocenters. The molecule has 2 N–H and O–H groups in total. The lowest BCUT2D eigenvalue weighted by molar-refractivity contribution is 0.211. The number of rotatable bonds is 5. The van der Waals surface area contributed by atoms with Gasteiger partial charge in [0.05, 0.1) is 12.8 Å². The molecule has 0 aliphatic carbocycles. The quantitative estimate of drug-likeness (QED) is 0.676. The molecule has 0 amide bonds. The van der Waals surface area contributed by atoms with Crippen LogP contribution in [0.25, 0.3) is 0 Å². The highest BCUT2D eigenvalue weighted by Gasteiger charge is 2.08. The topological polar surface area (TPSA) is 53.2 Å². The Balaban J connectivity index is 1.54. The first-order chi connectivity index (χ1) is 7.45. The summed E-state index contributed by atoms with van der Waals surface area (Å²) >= 11 is 0. The maximum atomic E-state index is 5.48. The van der Waals surface area contributed by atoms with Crippen molar-refractivity contribution in [2.45, 2.75) is 6.42 Å². The summed E-state index contributed by atoms with van der Waals surface area (Å²) in [6, 6.07) is 1.84. The maximum Gasteiger partial charge on any atom is 0.208 e. The fraction of sp³-hybridized carbons (Fsp3) is 0.700. The van der Waals surface area contributed by atoms with E-state index in [0.717, 1.165) is 51.6 Å². The summed E-state index contributed by atoms with van der Waals surface area (Å²) in [6.45, 7) is 6.42. The van der Waals surface area contributed by atoms with Crippen molar-refractivity contribution >= 4 is 0 Å². The van der Waals surface area contributed by atoms with Gasteiger partial charge in [0, 0.05) is 38.8 Å². The normalized spacial score (nSPS) is 17.9. The number of nitrogens with one attached hydrogen (secondary N) is 2. The molecule has 1 aromatic rings. The fourth-order valence-electron chi connectivity index (χ4n) is 1.73. The average molecular weight is 210 g/mol. The minimum atomic E-state index is 0.756. The van der Waals surface area contributed by atoms with Crippen LogP contribution in [0.1, 0.15) is 6.42 Å². The largest absolute Gasteiger partial charge is 0.478 e. The molecule has 0 bridgehead atoms. The van der Waals surface area contributed by atoms with Crippen LogP contribution in [0.3, 0.4) is 0 Å². The van der Waals surface area contributed by atoms with Crippen molar-refractivity contribution in [1.82, 2.24) is 20.4 Å². The van der Waals surface area contributed by atoms with Crippen LogP contribution in [-0.2, 0) is 0 Å². The third kappa shape index (κ3) is 3.53. The minimum absolute atomic E-state index is 0.756. The van der Waals surface area contributed by atoms with E-state index in [4.69, 9.17) is 4.74 Å². The van der Waals surface area contributed by atoms with Crippen molar-refractivity contribution < 1.29 is 4.74 Å². The molecule has 1 fully saturated rings. The van der Waals surface area contributed by atoms with Crippen LogP contribution < -0.4 is 10.1 Å². The lowest BCUT2D eigenvalue weighted by Crippen LogP contribution is -2.43. The van der Waals surface area contributed by atoms with E-state index in [9.17, 15) is 0 Å². The zero-order valence-corrected chi connectivity index (χ0v) is 8.91. The lowest BCUT2D eigenvalue weighted by atomic mass is 10.3. The van der Waals surface area contributed by atoms with Crippen LogP contribution in [0.2, 0.25) is 0 Å². The van der Waals surface area contributed by atoms with E-state index in [1.165, 1.54) is 0 Å². The third-order valence-electron chi connectivity index (χ3n) is 2.56. The van der Waals surface area contributed by atoms with Crippen molar-refractivity contribution in [3.8, 4) is 5.88 Å². The molecular formula is C10H18N4O. The van der Waals surface area contributed by atoms with Gasteiger partial charge in [-0.2, -0.15) is 5.10 Å². The molecular weight excluding hydrogens is 192 g/mol. The molecule has 0 unspecified atom stereocenters. The number of H-pyrrole nitrogens is 1. The Morgan fingerprint density at radius 2 is 2.27 bits per heavy atom. The van der Waals surface area contributed by atoms with E-state index in [0.29, 0.717) is 0 Å². The summed E-state index contributed by atoms with van der Waals surface area (Å²) in [7, 11) is 0. The Kier molecular flexibility index (Phi) is 3.99. The molecule has 0 spiro atoms. The summed E-state index contributed by atoms with van der Waals surface area (Å²) in [5, 5.41) is 9.94. The van der Waals surface area contributed by atoms with Crippen molar-refractivity contribution in [2.24, 2.45) is 0 Å². The molecule has 5 nitrogen and oxygen atoms in total. The summed E-state index contributed by atoms with van der Waals surface area (Å²) < 4.78 is 5.48. The Labute approximate surface area is 89.8 Å². The van der Waals surface area contributed by atoms with Gasteiger partial charge in [0.1, 0.15) is 0 Å². The van der Waals surface area contributed by atoms with E-state index >= 15 is 0 Å². The fourth-order valence-corrected chi connectivity index (χ4v) is 1.73. The highest BCUT2D eigenvalue weighted by Crippen LogP contribution is 2.03. The van der Waals surface area contributed by atoms with E-state index in [2.05, 4.69) is 20.4 Å². The molecule has 1 aliphatic heterocycles. The van der Waals surface area contributed by atoms with Crippen molar-refractivity contribution in [3.05, 3.63) is 12.3 Å². The van der Waals surface area contributed by atoms with Gasteiger partial charge in [-0.15, -0.1) is 0 Å². The summed E-state index contributed by atoms with van der Waals surface area (Å²) in [5.41, 5.74) is 0. The monoisotopic (exact) mass is 210 g/mol. The number of piperazine rings is 1. The van der Waals surface area contributed by atoms with Gasteiger partial charge in [0.25, 0.3) is 0 Å². The third-order valence-corrected chi connectivity index (χ3v) is 2.56. The van der Waals surface area contributed by atoms with Gasteiger partial charge < -0.3 is 15.0 Å². The van der Waals surface area contributed by atoms with E-state index in [-0.39, 0.29) is 0 Å². The molecule has 2 heterocycles. The number of nitrogens with zero attached hydrogens (tertiary/aromatic N) is 2. The van der Waals surface area contributed by atoms with Crippen LogP contribution in [0.15, 0.2) is 12.3 Å². The van der Waals surface area contributed by atoms with E-state index in [1.807, 2.05) is 6.07 Å². The molecule has 84 valence electrons. The summed E-state index contributed by atoms with van der Waals surface area (Å²) in [4.78, 5) is 2.47. The highest BCUT2D eigenvalue weighted by atomic mass is 16.5. The SMILES string of the molecule is c1cc(OCCCN2CCNCC2)[nH]n1. The van der Waals surface area contributed by atoms with Gasteiger partial charge in [0.2, 0.25) is 5.88 Å². The van der Waals surface area contributed by atoms with E-state index < -0.39 is 0 Å². The first-order valence-electron chi connectivity index (χ1n) is 5.50. The van der Waals surface area contributed by atoms with Gasteiger partial charge in [0.15, 0.2) is 0 Å². The molecule has 0 radical (unpaired) electrons. The Morgan fingerprint density at radius 3 is 3.00 bits per heavy atom. The Morgan fingerprint density at radius 1 is 1.40 bits per heavy atom. The first-order valence-corrected chi connectivity index (χ1v) is 5.50. The molecule has 5 heteroatoms. The summed E-state index contributed by atoms with van der Waals surface area (Å²) in [6.07, 6.45) is 2.77. The highest BCUT2D eigenvalue weighted by molar-refractivity contribution is 5.03. The maximum absolute atomic E-state index is 5.48. The van der Waals surface area contributed by atoms with Gasteiger partial charge in [-0.05, 0) is 6.42 Å². The molecule has 0 aromatic carbocycles. The van der Waals surface area contributed by atoms with Gasteiger partial charge in [-0.1, -0.05) is 0 Å². The van der Waals surface area contributed by atoms with Gasteiger partial charge in [-0.25, -0.2) is 5.10 Å². The average Bonchev–Trinajstić information content (AvgIpc) is 2.79. The zero-order chi connectivity index (χ0) is 10.3. The molecule has 1 aliphatic rings. The standard InChI is InChI=1S/C10H18N4O/c1(6-14-7-4-11-5-8-14)9-15-10-2-3-12-13-10/h2-3,11H,1,4-9H2,(H,12,13). The molecule has 1 saturated heterocycles. The predicted octanol–water partition coefficient (Wildman–Crippen LogP) is 0.0838. The second-order valence-electron chi connectivity index (χ2n) is 3.71.